The van der Waals surface area contributed by atoms with Crippen LogP contribution >= 0.6 is 11.3 Å². The molecule has 3 aromatic rings. The highest BCUT2D eigenvalue weighted by Crippen LogP contribution is 2.64. The molecule has 5 rings (SSSR count). The number of benzene rings is 2. The molecule has 2 aliphatic rings. The minimum atomic E-state index is -0.716. The van der Waals surface area contributed by atoms with Gasteiger partial charge in [-0.05, 0) is 18.0 Å². The second kappa shape index (κ2) is 9.41. The minimum absolute atomic E-state index is 0.0216. The van der Waals surface area contributed by atoms with E-state index < -0.39 is 5.72 Å². The molecule has 0 N–H and O–H groups in total. The van der Waals surface area contributed by atoms with E-state index in [0.717, 1.165) is 43.4 Å². The van der Waals surface area contributed by atoms with Gasteiger partial charge in [0, 0.05) is 43.7 Å². The number of thiazole rings is 1. The van der Waals surface area contributed by atoms with E-state index in [4.69, 9.17) is 9.41 Å². The van der Waals surface area contributed by atoms with Crippen molar-refractivity contribution < 1.29 is 9.22 Å². The zero-order valence-corrected chi connectivity index (χ0v) is 24.7. The number of carbonyl (C=O) groups excluding carboxylic acids is 1. The maximum atomic E-state index is 13.3. The lowest BCUT2D eigenvalue weighted by atomic mass is 9.50. The largest absolute Gasteiger partial charge is 0.402 e. The van der Waals surface area contributed by atoms with Gasteiger partial charge in [0.15, 0.2) is 10.9 Å². The van der Waals surface area contributed by atoms with Gasteiger partial charge in [-0.15, -0.1) is 11.3 Å². The standard InChI is InChI=1S/C28H36N4O2SSi/c1-26(2,3)27(21-11-7-5-8-12-21)20-32(28(27,34-36)22-13-9-6-10-14-22)25-29-23(19-35-25)24(33)31-17-15-30(4)16-18-31/h5-14,19H,15-18,20H2,1-4,36H3. The second-order valence-corrected chi connectivity index (χ2v) is 12.2. The molecule has 2 saturated heterocycles. The molecule has 0 aliphatic carbocycles. The average Bonchev–Trinajstić information content (AvgIpc) is 3.34. The van der Waals surface area contributed by atoms with Crippen molar-refractivity contribution in [2.24, 2.45) is 5.41 Å². The summed E-state index contributed by atoms with van der Waals surface area (Å²) in [6.07, 6.45) is 0. The molecule has 2 aromatic carbocycles. The van der Waals surface area contributed by atoms with E-state index in [-0.39, 0.29) is 16.7 Å². The maximum absolute atomic E-state index is 13.3. The monoisotopic (exact) mass is 520 g/mol. The van der Waals surface area contributed by atoms with Crippen molar-refractivity contribution in [1.29, 1.82) is 0 Å². The van der Waals surface area contributed by atoms with Crippen LogP contribution < -0.4 is 4.90 Å². The van der Waals surface area contributed by atoms with Crippen molar-refractivity contribution in [3.05, 3.63) is 82.9 Å². The van der Waals surface area contributed by atoms with Gasteiger partial charge in [-0.1, -0.05) is 81.4 Å². The number of hydrogen-bond donors (Lipinski definition) is 0. The van der Waals surface area contributed by atoms with Gasteiger partial charge in [0.1, 0.15) is 16.2 Å². The first-order chi connectivity index (χ1) is 17.2. The zero-order chi connectivity index (χ0) is 25.6. The number of anilines is 1. The number of likely N-dealkylation sites (N-methyl/N-ethyl adjacent to an activating group) is 1. The van der Waals surface area contributed by atoms with E-state index >= 15 is 0 Å². The van der Waals surface area contributed by atoms with Gasteiger partial charge in [-0.2, -0.15) is 0 Å². The highest BCUT2D eigenvalue weighted by molar-refractivity contribution is 7.14. The Kier molecular flexibility index (Phi) is 6.57. The molecule has 190 valence electrons. The predicted molar refractivity (Wildman–Crippen MR) is 150 cm³/mol. The summed E-state index contributed by atoms with van der Waals surface area (Å²) in [5.41, 5.74) is 1.78. The Hall–Kier alpha value is -2.52. The normalized spacial score (nSPS) is 25.1. The predicted octanol–water partition coefficient (Wildman–Crippen LogP) is 3.48. The van der Waals surface area contributed by atoms with E-state index in [2.05, 4.69) is 92.2 Å². The second-order valence-electron chi connectivity index (χ2n) is 10.9. The highest BCUT2D eigenvalue weighted by atomic mass is 32.1. The van der Waals surface area contributed by atoms with E-state index in [1.165, 1.54) is 16.9 Å². The molecule has 1 amide bonds. The van der Waals surface area contributed by atoms with Crippen LogP contribution in [0.3, 0.4) is 0 Å². The first kappa shape index (κ1) is 25.1. The Morgan fingerprint density at radius 2 is 1.56 bits per heavy atom. The van der Waals surface area contributed by atoms with E-state index in [1.54, 1.807) is 0 Å². The minimum Gasteiger partial charge on any atom is -0.402 e. The smallest absolute Gasteiger partial charge is 0.273 e. The molecule has 2 unspecified atom stereocenters. The summed E-state index contributed by atoms with van der Waals surface area (Å²) < 4.78 is 6.75. The third kappa shape index (κ3) is 3.73. The lowest BCUT2D eigenvalue weighted by Crippen LogP contribution is -2.79. The molecule has 1 aromatic heterocycles. The number of aromatic nitrogens is 1. The first-order valence-electron chi connectivity index (χ1n) is 12.6. The van der Waals surface area contributed by atoms with Crippen molar-refractivity contribution in [2.75, 3.05) is 44.7 Å². The number of amides is 1. The van der Waals surface area contributed by atoms with Gasteiger partial charge in [0.25, 0.3) is 5.91 Å². The number of hydrogen-bond acceptors (Lipinski definition) is 6. The first-order valence-corrected chi connectivity index (χ1v) is 14.3. The third-order valence-electron chi connectivity index (χ3n) is 8.09. The number of piperazine rings is 1. The van der Waals surface area contributed by atoms with Crippen molar-refractivity contribution in [2.45, 2.75) is 31.9 Å². The molecule has 8 heteroatoms. The number of rotatable bonds is 5. The Labute approximate surface area is 221 Å². The van der Waals surface area contributed by atoms with Crippen LogP contribution in [0, 0.1) is 5.41 Å². The van der Waals surface area contributed by atoms with Crippen molar-refractivity contribution in [3.63, 3.8) is 0 Å². The molecule has 36 heavy (non-hydrogen) atoms. The van der Waals surface area contributed by atoms with Crippen molar-refractivity contribution in [1.82, 2.24) is 14.8 Å². The van der Waals surface area contributed by atoms with Gasteiger partial charge < -0.3 is 19.1 Å². The summed E-state index contributed by atoms with van der Waals surface area (Å²) in [6, 6.07) is 21.3. The molecule has 3 heterocycles. The summed E-state index contributed by atoms with van der Waals surface area (Å²) in [6.45, 7) is 10.9. The van der Waals surface area contributed by atoms with Crippen LogP contribution in [0.15, 0.2) is 66.0 Å². The number of nitrogens with zero attached hydrogens (tertiary/aromatic N) is 4. The topological polar surface area (TPSA) is 48.9 Å². The summed E-state index contributed by atoms with van der Waals surface area (Å²) in [5.74, 6) is 0.0216. The maximum Gasteiger partial charge on any atom is 0.273 e. The molecule has 2 fully saturated rings. The average molecular weight is 521 g/mol. The quantitative estimate of drug-likeness (QED) is 0.482. The highest BCUT2D eigenvalue weighted by Gasteiger charge is 2.71. The Morgan fingerprint density at radius 1 is 0.972 bits per heavy atom. The summed E-state index contributed by atoms with van der Waals surface area (Å²) in [4.78, 5) is 24.6. The van der Waals surface area contributed by atoms with Crippen molar-refractivity contribution >= 4 is 32.9 Å². The molecule has 2 aliphatic heterocycles. The van der Waals surface area contributed by atoms with Crippen LogP contribution in [0.1, 0.15) is 42.4 Å². The van der Waals surface area contributed by atoms with Gasteiger partial charge >= 0.3 is 0 Å². The summed E-state index contributed by atoms with van der Waals surface area (Å²) >= 11 is 1.54. The van der Waals surface area contributed by atoms with Gasteiger partial charge in [-0.25, -0.2) is 4.98 Å². The summed E-state index contributed by atoms with van der Waals surface area (Å²) in [5, 5.41) is 2.75. The molecule has 2 atom stereocenters. The van der Waals surface area contributed by atoms with Crippen LogP contribution in [0.4, 0.5) is 5.13 Å². The molecular formula is C28H36N4O2SSi. The zero-order valence-electron chi connectivity index (χ0n) is 21.9. The Bertz CT molecular complexity index is 1210. The van der Waals surface area contributed by atoms with Gasteiger partial charge in [-0.3, -0.25) is 4.79 Å². The third-order valence-corrected chi connectivity index (χ3v) is 9.55. The van der Waals surface area contributed by atoms with Crippen LogP contribution in [-0.2, 0) is 15.6 Å². The summed E-state index contributed by atoms with van der Waals surface area (Å²) in [7, 11) is 2.65. The van der Waals surface area contributed by atoms with Crippen LogP contribution in [0.2, 0.25) is 0 Å². The van der Waals surface area contributed by atoms with E-state index in [0.29, 0.717) is 16.2 Å². The molecule has 6 nitrogen and oxygen atoms in total. The van der Waals surface area contributed by atoms with E-state index in [1.807, 2.05) is 16.3 Å². The van der Waals surface area contributed by atoms with Crippen LogP contribution in [0.25, 0.3) is 0 Å². The Balaban J connectivity index is 1.59. The number of carbonyl (C=O) groups is 1. The van der Waals surface area contributed by atoms with Crippen LogP contribution in [0.5, 0.6) is 0 Å². The SMILES string of the molecule is CN1CCN(C(=O)c2csc(N3CC(c4ccccc4)(C(C)(C)C)C3(O[SiH3])c3ccccc3)n2)CC1. The molecule has 0 radical (unpaired) electrons. The van der Waals surface area contributed by atoms with Crippen LogP contribution in [-0.4, -0.2) is 70.9 Å². The lowest BCUT2D eigenvalue weighted by Gasteiger charge is -2.70. The fraction of sp³-hybridized carbons (Fsp3) is 0.429. The molecule has 0 saturated carbocycles. The molecule has 0 spiro atoms. The lowest BCUT2D eigenvalue weighted by molar-refractivity contribution is -0.130. The van der Waals surface area contributed by atoms with Gasteiger partial charge in [0.05, 0.1) is 5.41 Å². The van der Waals surface area contributed by atoms with E-state index in [9.17, 15) is 4.79 Å². The molecule has 0 bridgehead atoms. The fourth-order valence-electron chi connectivity index (χ4n) is 6.11. The molecular weight excluding hydrogens is 484 g/mol. The fourth-order valence-corrected chi connectivity index (χ4v) is 7.76. The Morgan fingerprint density at radius 3 is 2.11 bits per heavy atom. The van der Waals surface area contributed by atoms with Gasteiger partial charge in [0.2, 0.25) is 0 Å². The van der Waals surface area contributed by atoms with Crippen molar-refractivity contribution in [3.8, 4) is 0 Å².